The first kappa shape index (κ1) is 17.4. The van der Waals surface area contributed by atoms with E-state index in [1.165, 1.54) is 0 Å². The van der Waals surface area contributed by atoms with Crippen molar-refractivity contribution in [3.8, 4) is 0 Å². The maximum Gasteiger partial charge on any atom is 0.276 e. The highest BCUT2D eigenvalue weighted by Gasteiger charge is 2.23. The van der Waals surface area contributed by atoms with Gasteiger partial charge in [0.25, 0.3) is 5.91 Å². The fraction of sp³-hybridized carbons (Fsp3) is 0.667. The lowest BCUT2D eigenvalue weighted by Gasteiger charge is -2.34. The van der Waals surface area contributed by atoms with Crippen LogP contribution in [0.25, 0.3) is 0 Å². The van der Waals surface area contributed by atoms with Crippen molar-refractivity contribution >= 4 is 11.8 Å². The van der Waals surface area contributed by atoms with Gasteiger partial charge in [0.2, 0.25) is 5.91 Å². The van der Waals surface area contributed by atoms with Gasteiger partial charge in [0.05, 0.1) is 0 Å². The third-order valence-corrected chi connectivity index (χ3v) is 3.69. The summed E-state index contributed by atoms with van der Waals surface area (Å²) in [5.41, 5.74) is 0.360. The third-order valence-electron chi connectivity index (χ3n) is 3.69. The highest BCUT2D eigenvalue weighted by Crippen LogP contribution is 2.09. The van der Waals surface area contributed by atoms with Crippen LogP contribution in [0.1, 0.15) is 23.2 Å². The zero-order valence-corrected chi connectivity index (χ0v) is 13.7. The Morgan fingerprint density at radius 2 is 2.09 bits per heavy atom. The lowest BCUT2D eigenvalue weighted by molar-refractivity contribution is -0.125. The third kappa shape index (κ3) is 5.33. The van der Waals surface area contributed by atoms with Crippen molar-refractivity contribution < 1.29 is 18.8 Å². The van der Waals surface area contributed by atoms with Gasteiger partial charge in [0, 0.05) is 51.9 Å². The predicted octanol–water partition coefficient (Wildman–Crippen LogP) is -0.106. The van der Waals surface area contributed by atoms with E-state index in [0.29, 0.717) is 37.7 Å². The normalized spacial score (nSPS) is 15.7. The number of aromatic nitrogens is 1. The Kier molecular flexibility index (Phi) is 6.54. The van der Waals surface area contributed by atoms with Crippen LogP contribution in [0.5, 0.6) is 0 Å². The molecule has 0 radical (unpaired) electrons. The van der Waals surface area contributed by atoms with Crippen LogP contribution in [-0.4, -0.2) is 79.3 Å². The van der Waals surface area contributed by atoms with E-state index in [2.05, 4.69) is 15.4 Å². The number of amides is 2. The number of carbonyl (C=O) groups excluding carboxylic acids is 2. The van der Waals surface area contributed by atoms with Crippen LogP contribution in [0.4, 0.5) is 0 Å². The number of hydrogen-bond acceptors (Lipinski definition) is 6. The SMILES string of the molecule is CCOCC(=O)NCCN1CCN(C(=O)c2cc(C)on2)CC1. The Morgan fingerprint density at radius 3 is 2.70 bits per heavy atom. The summed E-state index contributed by atoms with van der Waals surface area (Å²) >= 11 is 0. The first-order valence-electron chi connectivity index (χ1n) is 7.89. The summed E-state index contributed by atoms with van der Waals surface area (Å²) in [6.45, 7) is 8.48. The molecule has 0 saturated carbocycles. The second kappa shape index (κ2) is 8.64. The summed E-state index contributed by atoms with van der Waals surface area (Å²) in [6.07, 6.45) is 0. The summed E-state index contributed by atoms with van der Waals surface area (Å²) in [5.74, 6) is 0.448. The number of piperazine rings is 1. The highest BCUT2D eigenvalue weighted by molar-refractivity contribution is 5.92. The molecule has 1 saturated heterocycles. The van der Waals surface area contributed by atoms with Crippen molar-refractivity contribution in [2.45, 2.75) is 13.8 Å². The van der Waals surface area contributed by atoms with Gasteiger partial charge in [0.15, 0.2) is 5.69 Å². The van der Waals surface area contributed by atoms with E-state index in [9.17, 15) is 9.59 Å². The topological polar surface area (TPSA) is 87.9 Å². The Hall–Kier alpha value is -1.93. The van der Waals surface area contributed by atoms with Gasteiger partial charge < -0.3 is 19.5 Å². The number of ether oxygens (including phenoxy) is 1. The van der Waals surface area contributed by atoms with Crippen LogP contribution in [-0.2, 0) is 9.53 Å². The molecule has 0 atom stereocenters. The summed E-state index contributed by atoms with van der Waals surface area (Å²) in [4.78, 5) is 27.7. The number of aryl methyl sites for hydroxylation is 1. The van der Waals surface area contributed by atoms with Crippen molar-refractivity contribution in [1.29, 1.82) is 0 Å². The van der Waals surface area contributed by atoms with Gasteiger partial charge in [-0.15, -0.1) is 0 Å². The van der Waals surface area contributed by atoms with Crippen LogP contribution in [0.3, 0.4) is 0 Å². The zero-order valence-electron chi connectivity index (χ0n) is 13.7. The molecule has 0 aliphatic carbocycles. The van der Waals surface area contributed by atoms with E-state index in [4.69, 9.17) is 9.26 Å². The Labute approximate surface area is 135 Å². The largest absolute Gasteiger partial charge is 0.372 e. The van der Waals surface area contributed by atoms with Crippen molar-refractivity contribution in [3.63, 3.8) is 0 Å². The molecule has 1 aliphatic heterocycles. The molecule has 8 nitrogen and oxygen atoms in total. The monoisotopic (exact) mass is 324 g/mol. The van der Waals surface area contributed by atoms with Gasteiger partial charge in [-0.2, -0.15) is 0 Å². The molecular weight excluding hydrogens is 300 g/mol. The molecule has 0 aromatic carbocycles. The Morgan fingerprint density at radius 1 is 1.35 bits per heavy atom. The van der Waals surface area contributed by atoms with E-state index in [-0.39, 0.29) is 18.4 Å². The quantitative estimate of drug-likeness (QED) is 0.753. The molecule has 0 bridgehead atoms. The second-order valence-corrected chi connectivity index (χ2v) is 5.44. The molecule has 23 heavy (non-hydrogen) atoms. The van der Waals surface area contributed by atoms with E-state index in [1.54, 1.807) is 17.9 Å². The summed E-state index contributed by atoms with van der Waals surface area (Å²) in [7, 11) is 0. The summed E-state index contributed by atoms with van der Waals surface area (Å²) in [6, 6.07) is 1.66. The number of rotatable bonds is 7. The lowest BCUT2D eigenvalue weighted by atomic mass is 10.2. The number of hydrogen-bond donors (Lipinski definition) is 1. The fourth-order valence-corrected chi connectivity index (χ4v) is 2.40. The Balaban J connectivity index is 1.66. The van der Waals surface area contributed by atoms with Crippen LogP contribution < -0.4 is 5.32 Å². The van der Waals surface area contributed by atoms with Crippen LogP contribution in [0.2, 0.25) is 0 Å². The molecular formula is C15H24N4O4. The van der Waals surface area contributed by atoms with Gasteiger partial charge in [-0.1, -0.05) is 5.16 Å². The molecule has 0 spiro atoms. The Bertz CT molecular complexity index is 523. The van der Waals surface area contributed by atoms with Crippen LogP contribution in [0, 0.1) is 6.92 Å². The molecule has 1 aliphatic rings. The van der Waals surface area contributed by atoms with E-state index >= 15 is 0 Å². The number of carbonyl (C=O) groups is 2. The van der Waals surface area contributed by atoms with Crippen LogP contribution >= 0.6 is 0 Å². The smallest absolute Gasteiger partial charge is 0.276 e. The fourth-order valence-electron chi connectivity index (χ4n) is 2.40. The van der Waals surface area contributed by atoms with Crippen molar-refractivity contribution in [2.75, 3.05) is 52.5 Å². The van der Waals surface area contributed by atoms with E-state index < -0.39 is 0 Å². The molecule has 1 aromatic heterocycles. The second-order valence-electron chi connectivity index (χ2n) is 5.44. The first-order valence-corrected chi connectivity index (χ1v) is 7.89. The average molecular weight is 324 g/mol. The molecule has 2 heterocycles. The molecule has 8 heteroatoms. The van der Waals surface area contributed by atoms with Crippen molar-refractivity contribution in [1.82, 2.24) is 20.3 Å². The van der Waals surface area contributed by atoms with Gasteiger partial charge in [-0.25, -0.2) is 0 Å². The molecule has 0 unspecified atom stereocenters. The molecule has 2 rings (SSSR count). The summed E-state index contributed by atoms with van der Waals surface area (Å²) < 4.78 is 9.98. The molecule has 2 amide bonds. The maximum absolute atomic E-state index is 12.2. The number of nitrogens with zero attached hydrogens (tertiary/aromatic N) is 3. The molecule has 1 fully saturated rings. The predicted molar refractivity (Wildman–Crippen MR) is 83.1 cm³/mol. The standard InChI is InChI=1S/C15H24N4O4/c1-3-22-11-14(20)16-4-5-18-6-8-19(9-7-18)15(21)13-10-12(2)23-17-13/h10H,3-9,11H2,1-2H3,(H,16,20). The van der Waals surface area contributed by atoms with Gasteiger partial charge in [-0.05, 0) is 13.8 Å². The van der Waals surface area contributed by atoms with Gasteiger partial charge >= 0.3 is 0 Å². The number of nitrogens with one attached hydrogen (secondary N) is 1. The summed E-state index contributed by atoms with van der Waals surface area (Å²) in [5, 5.41) is 6.58. The molecule has 1 N–H and O–H groups in total. The van der Waals surface area contributed by atoms with Crippen LogP contribution in [0.15, 0.2) is 10.6 Å². The highest BCUT2D eigenvalue weighted by atomic mass is 16.5. The van der Waals surface area contributed by atoms with Crippen molar-refractivity contribution in [2.24, 2.45) is 0 Å². The van der Waals surface area contributed by atoms with Gasteiger partial charge in [0.1, 0.15) is 12.4 Å². The minimum Gasteiger partial charge on any atom is -0.372 e. The van der Waals surface area contributed by atoms with E-state index in [1.807, 2.05) is 6.92 Å². The zero-order chi connectivity index (χ0) is 16.7. The minimum atomic E-state index is -0.0953. The van der Waals surface area contributed by atoms with Gasteiger partial charge in [-0.3, -0.25) is 14.5 Å². The average Bonchev–Trinajstić information content (AvgIpc) is 2.99. The molecule has 128 valence electrons. The van der Waals surface area contributed by atoms with E-state index in [0.717, 1.165) is 19.6 Å². The maximum atomic E-state index is 12.2. The first-order chi connectivity index (χ1) is 11.1. The lowest BCUT2D eigenvalue weighted by Crippen LogP contribution is -2.50. The van der Waals surface area contributed by atoms with Crippen molar-refractivity contribution in [3.05, 3.63) is 17.5 Å². The minimum absolute atomic E-state index is 0.0912. The molecule has 1 aromatic rings.